The van der Waals surface area contributed by atoms with E-state index in [0.29, 0.717) is 0 Å². The number of aliphatic carboxylic acids is 1. The highest BCUT2D eigenvalue weighted by Gasteiger charge is 2.49. The number of carbonyl (C=O) groups is 2. The van der Waals surface area contributed by atoms with Crippen LogP contribution >= 0.6 is 0 Å². The van der Waals surface area contributed by atoms with Gasteiger partial charge in [0.25, 0.3) is 0 Å². The zero-order valence-corrected chi connectivity index (χ0v) is 12.5. The summed E-state index contributed by atoms with van der Waals surface area (Å²) in [5, 5.41) is 8.92. The van der Waals surface area contributed by atoms with E-state index in [4.69, 9.17) is 5.11 Å². The quantitative estimate of drug-likeness (QED) is 0.930. The van der Waals surface area contributed by atoms with Gasteiger partial charge in [0.05, 0.1) is 12.0 Å². The van der Waals surface area contributed by atoms with E-state index in [1.807, 2.05) is 31.2 Å². The number of halogens is 1. The van der Waals surface area contributed by atoms with E-state index in [9.17, 15) is 14.0 Å². The first kappa shape index (κ1) is 15.5. The van der Waals surface area contributed by atoms with Gasteiger partial charge in [0.2, 0.25) is 11.6 Å². The maximum atomic E-state index is 14.1. The van der Waals surface area contributed by atoms with Crippen LogP contribution < -0.4 is 0 Å². The lowest BCUT2D eigenvalue weighted by Crippen LogP contribution is -2.45. The first-order chi connectivity index (χ1) is 9.68. The van der Waals surface area contributed by atoms with Crippen molar-refractivity contribution in [3.05, 3.63) is 35.4 Å². The molecule has 0 radical (unpaired) electrons. The van der Waals surface area contributed by atoms with Crippen molar-refractivity contribution in [1.29, 1.82) is 0 Å². The van der Waals surface area contributed by atoms with Gasteiger partial charge in [-0.25, -0.2) is 9.18 Å². The van der Waals surface area contributed by atoms with E-state index in [2.05, 4.69) is 0 Å². The van der Waals surface area contributed by atoms with Crippen molar-refractivity contribution in [1.82, 2.24) is 4.90 Å². The standard InChI is InChI=1S/C16H20FNO3/c1-11-6-4-5-7-12(11)15(2,3)13(19)18-9-8-16(17,10-18)14(20)21/h4-7H,8-10H2,1-3H3,(H,20,21). The molecular formula is C16H20FNO3. The van der Waals surface area contributed by atoms with Gasteiger partial charge in [-0.15, -0.1) is 0 Å². The van der Waals surface area contributed by atoms with Crippen LogP contribution in [-0.2, 0) is 15.0 Å². The topological polar surface area (TPSA) is 57.6 Å². The molecule has 1 aromatic carbocycles. The number of carboxylic acid groups (broad SMARTS) is 1. The Labute approximate surface area is 123 Å². The fraction of sp³-hybridized carbons (Fsp3) is 0.500. The number of benzene rings is 1. The Hall–Kier alpha value is -1.91. The zero-order valence-electron chi connectivity index (χ0n) is 12.5. The van der Waals surface area contributed by atoms with Gasteiger partial charge in [-0.3, -0.25) is 4.79 Å². The number of amides is 1. The highest BCUT2D eigenvalue weighted by Crippen LogP contribution is 2.33. The first-order valence-electron chi connectivity index (χ1n) is 6.96. The fourth-order valence-electron chi connectivity index (χ4n) is 2.91. The Morgan fingerprint density at radius 3 is 2.48 bits per heavy atom. The molecule has 5 heteroatoms. The average molecular weight is 293 g/mol. The van der Waals surface area contributed by atoms with E-state index in [0.717, 1.165) is 11.1 Å². The molecule has 0 spiro atoms. The van der Waals surface area contributed by atoms with Gasteiger partial charge in [-0.2, -0.15) is 0 Å². The van der Waals surface area contributed by atoms with Gasteiger partial charge in [0.1, 0.15) is 0 Å². The second-order valence-corrected chi connectivity index (χ2v) is 6.19. The maximum Gasteiger partial charge on any atom is 0.343 e. The predicted octanol–water partition coefficient (Wildman–Crippen LogP) is 2.30. The van der Waals surface area contributed by atoms with Crippen molar-refractivity contribution in [2.45, 2.75) is 38.3 Å². The number of rotatable bonds is 3. The number of likely N-dealkylation sites (tertiary alicyclic amines) is 1. The van der Waals surface area contributed by atoms with Crippen LogP contribution in [0, 0.1) is 6.92 Å². The smallest absolute Gasteiger partial charge is 0.343 e. The number of carbonyl (C=O) groups excluding carboxylic acids is 1. The van der Waals surface area contributed by atoms with Crippen molar-refractivity contribution in [3.8, 4) is 0 Å². The van der Waals surface area contributed by atoms with Crippen molar-refractivity contribution < 1.29 is 19.1 Å². The van der Waals surface area contributed by atoms with Gasteiger partial charge >= 0.3 is 5.97 Å². The number of hydrogen-bond donors (Lipinski definition) is 1. The van der Waals surface area contributed by atoms with Crippen molar-refractivity contribution in [2.24, 2.45) is 0 Å². The Morgan fingerprint density at radius 2 is 1.95 bits per heavy atom. The number of aryl methyl sites for hydroxylation is 1. The lowest BCUT2D eigenvalue weighted by molar-refractivity contribution is -0.150. The molecule has 0 bridgehead atoms. The summed E-state index contributed by atoms with van der Waals surface area (Å²) in [6.07, 6.45) is -0.155. The molecule has 1 saturated heterocycles. The third-order valence-electron chi connectivity index (χ3n) is 4.24. The molecule has 4 nitrogen and oxygen atoms in total. The molecule has 1 aliphatic heterocycles. The average Bonchev–Trinajstić information content (AvgIpc) is 2.82. The normalized spacial score (nSPS) is 22.4. The van der Waals surface area contributed by atoms with Gasteiger partial charge in [0.15, 0.2) is 0 Å². The number of carboxylic acids is 1. The summed E-state index contributed by atoms with van der Waals surface area (Å²) in [7, 11) is 0. The minimum absolute atomic E-state index is 0.136. The Morgan fingerprint density at radius 1 is 1.33 bits per heavy atom. The minimum Gasteiger partial charge on any atom is -0.479 e. The number of nitrogens with zero attached hydrogens (tertiary/aromatic N) is 1. The molecule has 1 atom stereocenters. The molecule has 1 unspecified atom stereocenters. The van der Waals surface area contributed by atoms with Crippen LogP contribution in [-0.4, -0.2) is 40.6 Å². The highest BCUT2D eigenvalue weighted by molar-refractivity contribution is 5.89. The van der Waals surface area contributed by atoms with Gasteiger partial charge in [0, 0.05) is 13.0 Å². The van der Waals surface area contributed by atoms with Crippen LogP contribution in [0.1, 0.15) is 31.4 Å². The summed E-state index contributed by atoms with van der Waals surface area (Å²) in [5.41, 5.74) is -1.27. The van der Waals surface area contributed by atoms with Crippen molar-refractivity contribution in [3.63, 3.8) is 0 Å². The van der Waals surface area contributed by atoms with Crippen molar-refractivity contribution in [2.75, 3.05) is 13.1 Å². The molecular weight excluding hydrogens is 273 g/mol. The Kier molecular flexibility index (Phi) is 3.78. The Bertz CT molecular complexity index is 585. The molecule has 0 aliphatic carbocycles. The molecule has 0 saturated carbocycles. The summed E-state index contributed by atoms with van der Waals surface area (Å²) >= 11 is 0. The molecule has 1 aliphatic rings. The molecule has 1 heterocycles. The summed E-state index contributed by atoms with van der Waals surface area (Å²) in [6, 6.07) is 7.55. The van der Waals surface area contributed by atoms with Crippen LogP contribution in [0.5, 0.6) is 0 Å². The third kappa shape index (κ3) is 2.64. The molecule has 2 rings (SSSR count). The summed E-state index contributed by atoms with van der Waals surface area (Å²) < 4.78 is 14.1. The lowest BCUT2D eigenvalue weighted by atomic mass is 9.81. The largest absolute Gasteiger partial charge is 0.479 e. The maximum absolute atomic E-state index is 14.1. The van der Waals surface area contributed by atoms with Crippen LogP contribution in [0.15, 0.2) is 24.3 Å². The van der Waals surface area contributed by atoms with Crippen LogP contribution in [0.2, 0.25) is 0 Å². The fourth-order valence-corrected chi connectivity index (χ4v) is 2.91. The molecule has 1 amide bonds. The molecule has 1 N–H and O–H groups in total. The van der Waals surface area contributed by atoms with Crippen molar-refractivity contribution >= 4 is 11.9 Å². The second kappa shape index (κ2) is 5.13. The van der Waals surface area contributed by atoms with E-state index >= 15 is 0 Å². The van der Waals surface area contributed by atoms with Gasteiger partial charge < -0.3 is 10.0 Å². The SMILES string of the molecule is Cc1ccccc1C(C)(C)C(=O)N1CCC(F)(C(=O)O)C1. The highest BCUT2D eigenvalue weighted by atomic mass is 19.1. The molecule has 1 fully saturated rings. The first-order valence-corrected chi connectivity index (χ1v) is 6.96. The van der Waals surface area contributed by atoms with Crippen LogP contribution in [0.3, 0.4) is 0 Å². The van der Waals surface area contributed by atoms with E-state index in [-0.39, 0.29) is 25.4 Å². The van der Waals surface area contributed by atoms with Crippen LogP contribution in [0.4, 0.5) is 4.39 Å². The molecule has 0 aromatic heterocycles. The Balaban J connectivity index is 2.25. The zero-order chi connectivity index (χ0) is 15.8. The number of alkyl halides is 1. The summed E-state index contributed by atoms with van der Waals surface area (Å²) in [6.45, 7) is 5.26. The predicted molar refractivity (Wildman–Crippen MR) is 76.9 cm³/mol. The monoisotopic (exact) mass is 293 g/mol. The molecule has 21 heavy (non-hydrogen) atoms. The van der Waals surface area contributed by atoms with Crippen LogP contribution in [0.25, 0.3) is 0 Å². The lowest BCUT2D eigenvalue weighted by Gasteiger charge is -2.31. The van der Waals surface area contributed by atoms with E-state index in [1.54, 1.807) is 13.8 Å². The molecule has 114 valence electrons. The minimum atomic E-state index is -2.32. The second-order valence-electron chi connectivity index (χ2n) is 6.19. The summed E-state index contributed by atoms with van der Waals surface area (Å²) in [4.78, 5) is 25.0. The summed E-state index contributed by atoms with van der Waals surface area (Å²) in [5.74, 6) is -1.73. The number of hydrogen-bond acceptors (Lipinski definition) is 2. The van der Waals surface area contributed by atoms with E-state index < -0.39 is 17.1 Å². The third-order valence-corrected chi connectivity index (χ3v) is 4.24. The molecule has 1 aromatic rings. The van der Waals surface area contributed by atoms with Gasteiger partial charge in [-0.05, 0) is 31.9 Å². The van der Waals surface area contributed by atoms with E-state index in [1.165, 1.54) is 4.90 Å². The van der Waals surface area contributed by atoms with Gasteiger partial charge in [-0.1, -0.05) is 24.3 Å².